The van der Waals surface area contributed by atoms with Gasteiger partial charge in [0, 0.05) is 30.9 Å². The van der Waals surface area contributed by atoms with Gasteiger partial charge in [0.25, 0.3) is 0 Å². The summed E-state index contributed by atoms with van der Waals surface area (Å²) in [6, 6.07) is 11.0. The summed E-state index contributed by atoms with van der Waals surface area (Å²) < 4.78 is 0. The molecule has 1 heterocycles. The van der Waals surface area contributed by atoms with E-state index in [4.69, 9.17) is 5.26 Å². The zero-order valence-corrected chi connectivity index (χ0v) is 11.0. The fraction of sp³-hybridized carbons (Fsp3) is 0.462. The van der Waals surface area contributed by atoms with Crippen LogP contribution >= 0.6 is 12.4 Å². The number of halogens is 1. The highest BCUT2D eigenvalue weighted by Crippen LogP contribution is 2.18. The zero-order valence-electron chi connectivity index (χ0n) is 10.2. The molecule has 0 amide bonds. The van der Waals surface area contributed by atoms with Crippen molar-refractivity contribution in [3.8, 4) is 6.07 Å². The molecule has 0 radical (unpaired) electrons. The Labute approximate surface area is 109 Å². The number of hydrogen-bond donors (Lipinski definition) is 1. The van der Waals surface area contributed by atoms with Gasteiger partial charge in [-0.3, -0.25) is 0 Å². The highest BCUT2D eigenvalue weighted by Gasteiger charge is 2.20. The van der Waals surface area contributed by atoms with Crippen LogP contribution in [0.3, 0.4) is 0 Å². The maximum Gasteiger partial charge on any atom is 0.0991 e. The summed E-state index contributed by atoms with van der Waals surface area (Å²) in [7, 11) is 0. The van der Waals surface area contributed by atoms with Gasteiger partial charge in [-0.2, -0.15) is 5.26 Å². The quantitative estimate of drug-likeness (QED) is 0.832. The number of nitrogens with one attached hydrogen (secondary N) is 1. The lowest BCUT2D eigenvalue weighted by Crippen LogP contribution is -2.54. The Balaban J connectivity index is 0.00000144. The van der Waals surface area contributed by atoms with E-state index in [1.165, 1.54) is 5.69 Å². The summed E-state index contributed by atoms with van der Waals surface area (Å²) in [4.78, 5) is 2.37. The van der Waals surface area contributed by atoms with E-state index in [1.807, 2.05) is 24.3 Å². The third-order valence-electron chi connectivity index (χ3n) is 2.92. The normalized spacial score (nSPS) is 23.7. The van der Waals surface area contributed by atoms with E-state index < -0.39 is 0 Å². The smallest absolute Gasteiger partial charge is 0.0991 e. The van der Waals surface area contributed by atoms with Gasteiger partial charge in [-0.25, -0.2) is 0 Å². The largest absolute Gasteiger partial charge is 0.368 e. The predicted octanol–water partition coefficient (Wildman–Crippen LogP) is 2.17. The Morgan fingerprint density at radius 1 is 1.18 bits per heavy atom. The minimum absolute atomic E-state index is 0. The van der Waals surface area contributed by atoms with E-state index >= 15 is 0 Å². The Kier molecular flexibility index (Phi) is 4.80. The molecule has 1 aromatic carbocycles. The summed E-state index contributed by atoms with van der Waals surface area (Å²) in [5.74, 6) is 0. The molecule has 0 aliphatic carbocycles. The van der Waals surface area contributed by atoms with Gasteiger partial charge in [-0.05, 0) is 38.1 Å². The molecule has 3 nitrogen and oxygen atoms in total. The van der Waals surface area contributed by atoms with Crippen LogP contribution in [0.1, 0.15) is 19.4 Å². The van der Waals surface area contributed by atoms with Crippen LogP contribution in [-0.2, 0) is 0 Å². The van der Waals surface area contributed by atoms with Crippen molar-refractivity contribution in [2.45, 2.75) is 25.9 Å². The molecular formula is C13H18ClN3. The number of nitrogens with zero attached hydrogens (tertiary/aromatic N) is 2. The predicted molar refractivity (Wildman–Crippen MR) is 72.7 cm³/mol. The second kappa shape index (κ2) is 5.90. The highest BCUT2D eigenvalue weighted by molar-refractivity contribution is 5.85. The summed E-state index contributed by atoms with van der Waals surface area (Å²) in [5, 5.41) is 12.3. The number of piperazine rings is 1. The van der Waals surface area contributed by atoms with Crippen molar-refractivity contribution in [3.63, 3.8) is 0 Å². The third kappa shape index (κ3) is 3.36. The van der Waals surface area contributed by atoms with Gasteiger partial charge in [-0.15, -0.1) is 12.4 Å². The van der Waals surface area contributed by atoms with Gasteiger partial charge < -0.3 is 10.2 Å². The van der Waals surface area contributed by atoms with Crippen molar-refractivity contribution in [1.29, 1.82) is 5.26 Å². The summed E-state index contributed by atoms with van der Waals surface area (Å²) >= 11 is 0. The average molecular weight is 252 g/mol. The average Bonchev–Trinajstić information content (AvgIpc) is 2.28. The van der Waals surface area contributed by atoms with Crippen LogP contribution in [-0.4, -0.2) is 25.2 Å². The lowest BCUT2D eigenvalue weighted by Gasteiger charge is -2.37. The van der Waals surface area contributed by atoms with Crippen LogP contribution in [0.5, 0.6) is 0 Å². The number of hydrogen-bond acceptors (Lipinski definition) is 3. The zero-order chi connectivity index (χ0) is 11.5. The van der Waals surface area contributed by atoms with Crippen LogP contribution in [0.4, 0.5) is 5.69 Å². The molecule has 2 atom stereocenters. The lowest BCUT2D eigenvalue weighted by molar-refractivity contribution is 0.407. The molecule has 0 aromatic heterocycles. The van der Waals surface area contributed by atoms with Crippen molar-refractivity contribution in [1.82, 2.24) is 5.32 Å². The van der Waals surface area contributed by atoms with Gasteiger partial charge >= 0.3 is 0 Å². The monoisotopic (exact) mass is 251 g/mol. The van der Waals surface area contributed by atoms with Crippen LogP contribution in [0.15, 0.2) is 24.3 Å². The fourth-order valence-electron chi connectivity index (χ4n) is 2.28. The van der Waals surface area contributed by atoms with Gasteiger partial charge in [0.15, 0.2) is 0 Å². The molecule has 1 N–H and O–H groups in total. The molecule has 0 unspecified atom stereocenters. The summed E-state index contributed by atoms with van der Waals surface area (Å²) in [6.07, 6.45) is 0. The van der Waals surface area contributed by atoms with E-state index in [-0.39, 0.29) is 12.4 Å². The van der Waals surface area contributed by atoms with Crippen LogP contribution in [0, 0.1) is 11.3 Å². The van der Waals surface area contributed by atoms with E-state index in [2.05, 4.69) is 30.1 Å². The van der Waals surface area contributed by atoms with Crippen molar-refractivity contribution < 1.29 is 0 Å². The van der Waals surface area contributed by atoms with E-state index in [0.717, 1.165) is 18.7 Å². The number of benzene rings is 1. The lowest BCUT2D eigenvalue weighted by atomic mass is 10.1. The molecule has 1 aliphatic rings. The number of rotatable bonds is 1. The standard InChI is InChI=1S/C13H17N3.ClH/c1-10-8-16(9-11(2)15-10)13-5-3-12(7-14)4-6-13;/h3-6,10-11,15H,8-9H2,1-2H3;1H/t10-,11+;. The molecule has 4 heteroatoms. The first-order valence-corrected chi connectivity index (χ1v) is 5.70. The maximum absolute atomic E-state index is 8.75. The van der Waals surface area contributed by atoms with Crippen molar-refractivity contribution in [2.75, 3.05) is 18.0 Å². The van der Waals surface area contributed by atoms with Crippen molar-refractivity contribution in [3.05, 3.63) is 29.8 Å². The summed E-state index contributed by atoms with van der Waals surface area (Å²) in [5.41, 5.74) is 1.93. The molecule has 0 spiro atoms. The van der Waals surface area contributed by atoms with Crippen molar-refractivity contribution >= 4 is 18.1 Å². The van der Waals surface area contributed by atoms with E-state index in [0.29, 0.717) is 12.1 Å². The first-order valence-electron chi connectivity index (χ1n) is 5.70. The number of nitriles is 1. The Bertz CT molecular complexity index is 386. The molecule has 0 bridgehead atoms. The second-order valence-electron chi connectivity index (χ2n) is 4.53. The Morgan fingerprint density at radius 2 is 1.71 bits per heavy atom. The molecule has 0 saturated carbocycles. The molecule has 1 fully saturated rings. The first-order chi connectivity index (χ1) is 7.69. The van der Waals surface area contributed by atoms with Gasteiger partial charge in [0.05, 0.1) is 11.6 Å². The van der Waals surface area contributed by atoms with Gasteiger partial charge in [-0.1, -0.05) is 0 Å². The molecule has 1 saturated heterocycles. The maximum atomic E-state index is 8.75. The molecule has 17 heavy (non-hydrogen) atoms. The SMILES string of the molecule is C[C@@H]1CN(c2ccc(C#N)cc2)C[C@H](C)N1.Cl. The highest BCUT2D eigenvalue weighted by atomic mass is 35.5. The third-order valence-corrected chi connectivity index (χ3v) is 2.92. The fourth-order valence-corrected chi connectivity index (χ4v) is 2.28. The number of anilines is 1. The Hall–Kier alpha value is -1.24. The summed E-state index contributed by atoms with van der Waals surface area (Å²) in [6.45, 7) is 6.45. The molecule has 92 valence electrons. The van der Waals surface area contributed by atoms with Crippen LogP contribution in [0.2, 0.25) is 0 Å². The minimum Gasteiger partial charge on any atom is -0.368 e. The van der Waals surface area contributed by atoms with E-state index in [1.54, 1.807) is 0 Å². The molecular weight excluding hydrogens is 234 g/mol. The molecule has 1 aliphatic heterocycles. The minimum atomic E-state index is 0. The second-order valence-corrected chi connectivity index (χ2v) is 4.53. The van der Waals surface area contributed by atoms with Gasteiger partial charge in [0.2, 0.25) is 0 Å². The topological polar surface area (TPSA) is 39.1 Å². The molecule has 2 rings (SSSR count). The van der Waals surface area contributed by atoms with Crippen LogP contribution < -0.4 is 10.2 Å². The first kappa shape index (κ1) is 13.8. The van der Waals surface area contributed by atoms with E-state index in [9.17, 15) is 0 Å². The van der Waals surface area contributed by atoms with Gasteiger partial charge in [0.1, 0.15) is 0 Å². The Morgan fingerprint density at radius 3 is 2.18 bits per heavy atom. The molecule has 1 aromatic rings. The van der Waals surface area contributed by atoms with Crippen LogP contribution in [0.25, 0.3) is 0 Å². The van der Waals surface area contributed by atoms with Crippen molar-refractivity contribution in [2.24, 2.45) is 0 Å².